The van der Waals surface area contributed by atoms with Crippen LogP contribution in [-0.2, 0) is 19.0 Å². The van der Waals surface area contributed by atoms with Gasteiger partial charge in [0.25, 0.3) is 0 Å². The summed E-state index contributed by atoms with van der Waals surface area (Å²) in [7, 11) is 0. The van der Waals surface area contributed by atoms with E-state index in [4.69, 9.17) is 48.0 Å². The summed E-state index contributed by atoms with van der Waals surface area (Å²) >= 11 is 0. The molecule has 19 heteroatoms. The molecule has 2 saturated heterocycles. The van der Waals surface area contributed by atoms with Crippen LogP contribution in [0.1, 0.15) is 12.8 Å². The second-order valence-corrected chi connectivity index (χ2v) is 11.9. The standard InChI is InChI=1S/C25H51N7O12/c26-2-1-11(35)24(41)32-10-3-9(28)14(19(38)22(10)44-25-21(40)15(29)17(36)13(7-34)43-25)23-16(30)20(39)18(37)12(42-23)5-31-4-8(27)6-33/h8-23,25,31,33-40H,1-7,26-30H2,(H,32,41)/t8?,9-,10+,11-,12?,13+,14?,15-,16+,17+,18+,19-,20+,21+,22-,23+,25+/m0/s1. The summed E-state index contributed by atoms with van der Waals surface area (Å²) in [5.41, 5.74) is 29.8. The molecule has 0 bridgehead atoms. The summed E-state index contributed by atoms with van der Waals surface area (Å²) in [6, 6.07) is -5.14. The maximum atomic E-state index is 12.7. The Morgan fingerprint density at radius 2 is 1.61 bits per heavy atom. The van der Waals surface area contributed by atoms with Crippen LogP contribution in [0.3, 0.4) is 0 Å². The molecular formula is C25H51N7O12. The predicted octanol–water partition coefficient (Wildman–Crippen LogP) is -9.23. The maximum absolute atomic E-state index is 12.7. The zero-order valence-electron chi connectivity index (χ0n) is 24.4. The van der Waals surface area contributed by atoms with Gasteiger partial charge in [0.05, 0.1) is 49.7 Å². The van der Waals surface area contributed by atoms with Crippen molar-refractivity contribution >= 4 is 5.91 Å². The quantitative estimate of drug-likeness (QED) is 0.0887. The Bertz CT molecular complexity index is 898. The van der Waals surface area contributed by atoms with Crippen LogP contribution in [0, 0.1) is 5.92 Å². The molecule has 0 spiro atoms. The van der Waals surface area contributed by atoms with Gasteiger partial charge in [-0.3, -0.25) is 4.79 Å². The Morgan fingerprint density at radius 3 is 2.23 bits per heavy atom. The van der Waals surface area contributed by atoms with E-state index in [2.05, 4.69) is 10.6 Å². The first-order chi connectivity index (χ1) is 20.8. The summed E-state index contributed by atoms with van der Waals surface area (Å²) in [6.07, 6.45) is -15.6. The van der Waals surface area contributed by atoms with Crippen molar-refractivity contribution in [3.05, 3.63) is 0 Å². The molecular weight excluding hydrogens is 590 g/mol. The second kappa shape index (κ2) is 16.6. The van der Waals surface area contributed by atoms with E-state index in [-0.39, 0.29) is 39.1 Å². The number of rotatable bonds is 13. The Kier molecular flexibility index (Phi) is 14.0. The normalized spacial score (nSPS) is 44.6. The van der Waals surface area contributed by atoms with Gasteiger partial charge in [-0.25, -0.2) is 0 Å². The van der Waals surface area contributed by atoms with Gasteiger partial charge < -0.3 is 94.4 Å². The topological polar surface area (TPSA) is 361 Å². The van der Waals surface area contributed by atoms with E-state index in [1.807, 2.05) is 0 Å². The van der Waals surface area contributed by atoms with Gasteiger partial charge in [0.15, 0.2) is 6.29 Å². The molecule has 1 amide bonds. The highest BCUT2D eigenvalue weighted by molar-refractivity contribution is 5.80. The smallest absolute Gasteiger partial charge is 0.249 e. The summed E-state index contributed by atoms with van der Waals surface area (Å²) < 4.78 is 17.6. The second-order valence-electron chi connectivity index (χ2n) is 11.9. The van der Waals surface area contributed by atoms with E-state index in [0.29, 0.717) is 0 Å². The highest BCUT2D eigenvalue weighted by Gasteiger charge is 2.55. The molecule has 19 nitrogen and oxygen atoms in total. The number of nitrogens with two attached hydrogens (primary N) is 5. The number of aliphatic hydroxyl groups is 8. The van der Waals surface area contributed by atoms with Crippen LogP contribution in [0.2, 0.25) is 0 Å². The average Bonchev–Trinajstić information content (AvgIpc) is 2.99. The van der Waals surface area contributed by atoms with Crippen molar-refractivity contribution in [2.24, 2.45) is 34.6 Å². The minimum absolute atomic E-state index is 0.00425. The Hall–Kier alpha value is -1.21. The molecule has 3 aliphatic rings. The van der Waals surface area contributed by atoms with Crippen molar-refractivity contribution in [2.75, 3.05) is 32.8 Å². The maximum Gasteiger partial charge on any atom is 0.249 e. The molecule has 0 aromatic heterocycles. The zero-order valence-corrected chi connectivity index (χ0v) is 24.4. The molecule has 20 N–H and O–H groups in total. The fourth-order valence-electron chi connectivity index (χ4n) is 6.01. The molecule has 1 aliphatic carbocycles. The minimum atomic E-state index is -1.63. The van der Waals surface area contributed by atoms with Gasteiger partial charge >= 0.3 is 0 Å². The van der Waals surface area contributed by atoms with Crippen LogP contribution in [0.5, 0.6) is 0 Å². The number of amides is 1. The SMILES string of the molecule is NCC[C@H](O)C(=O)N[C@@H]1C[C@H](N)C([C@H]2OC(CNCC(N)CO)[C@@H](O)[C@H](O)[C@H]2N)[C@H](O)[C@H]1O[C@H]1O[C@H](CO)[C@@H](O)[C@H](N)[C@H]1O. The van der Waals surface area contributed by atoms with Gasteiger partial charge in [0.2, 0.25) is 5.91 Å². The molecule has 2 heterocycles. The highest BCUT2D eigenvalue weighted by atomic mass is 16.7. The van der Waals surface area contributed by atoms with Gasteiger partial charge in [-0.15, -0.1) is 0 Å². The first-order valence-corrected chi connectivity index (χ1v) is 14.8. The number of hydrogen-bond donors (Lipinski definition) is 15. The lowest BCUT2D eigenvalue weighted by Gasteiger charge is -2.52. The van der Waals surface area contributed by atoms with Gasteiger partial charge in [-0.2, -0.15) is 0 Å². The summed E-state index contributed by atoms with van der Waals surface area (Å²) in [6.45, 7) is -0.774. The van der Waals surface area contributed by atoms with Crippen molar-refractivity contribution in [3.8, 4) is 0 Å². The Labute approximate surface area is 254 Å². The van der Waals surface area contributed by atoms with Crippen LogP contribution in [-0.4, -0.2) is 177 Å². The minimum Gasteiger partial charge on any atom is -0.395 e. The third-order valence-corrected chi connectivity index (χ3v) is 8.65. The van der Waals surface area contributed by atoms with E-state index in [1.165, 1.54) is 0 Å². The third kappa shape index (κ3) is 8.38. The molecule has 44 heavy (non-hydrogen) atoms. The summed E-state index contributed by atoms with van der Waals surface area (Å²) in [5, 5.41) is 88.6. The fraction of sp³-hybridized carbons (Fsp3) is 0.960. The Morgan fingerprint density at radius 1 is 0.932 bits per heavy atom. The number of nitrogens with one attached hydrogen (secondary N) is 2. The van der Waals surface area contributed by atoms with Crippen molar-refractivity contribution in [2.45, 2.75) is 110 Å². The molecule has 1 saturated carbocycles. The molecule has 3 unspecified atom stereocenters. The van der Waals surface area contributed by atoms with Crippen molar-refractivity contribution in [1.29, 1.82) is 0 Å². The van der Waals surface area contributed by atoms with Gasteiger partial charge in [-0.1, -0.05) is 0 Å². The predicted molar refractivity (Wildman–Crippen MR) is 151 cm³/mol. The van der Waals surface area contributed by atoms with Crippen molar-refractivity contribution < 1.29 is 59.9 Å². The number of aliphatic hydroxyl groups excluding tert-OH is 8. The lowest BCUT2D eigenvalue weighted by Crippen LogP contribution is -2.72. The van der Waals surface area contributed by atoms with E-state index in [0.717, 1.165) is 0 Å². The summed E-state index contributed by atoms with van der Waals surface area (Å²) in [5.74, 6) is -1.90. The van der Waals surface area contributed by atoms with Gasteiger partial charge in [0, 0.05) is 31.1 Å². The molecule has 2 aliphatic heterocycles. The fourth-order valence-corrected chi connectivity index (χ4v) is 6.01. The van der Waals surface area contributed by atoms with Crippen LogP contribution in [0.15, 0.2) is 0 Å². The number of carbonyl (C=O) groups excluding carboxylic acids is 1. The van der Waals surface area contributed by atoms with Gasteiger partial charge in [0.1, 0.15) is 42.7 Å². The van der Waals surface area contributed by atoms with Crippen LogP contribution in [0.25, 0.3) is 0 Å². The molecule has 0 aromatic carbocycles. The zero-order chi connectivity index (χ0) is 32.9. The molecule has 258 valence electrons. The van der Waals surface area contributed by atoms with E-state index in [9.17, 15) is 40.5 Å². The van der Waals surface area contributed by atoms with Crippen LogP contribution >= 0.6 is 0 Å². The third-order valence-electron chi connectivity index (χ3n) is 8.65. The molecule has 3 fully saturated rings. The van der Waals surface area contributed by atoms with Crippen LogP contribution in [0.4, 0.5) is 0 Å². The van der Waals surface area contributed by atoms with E-state index < -0.39 is 116 Å². The van der Waals surface area contributed by atoms with E-state index in [1.54, 1.807) is 0 Å². The van der Waals surface area contributed by atoms with Crippen molar-refractivity contribution in [3.63, 3.8) is 0 Å². The first kappa shape index (κ1) is 37.2. The lowest BCUT2D eigenvalue weighted by atomic mass is 9.71. The summed E-state index contributed by atoms with van der Waals surface area (Å²) in [4.78, 5) is 12.7. The van der Waals surface area contributed by atoms with Gasteiger partial charge in [-0.05, 0) is 19.4 Å². The van der Waals surface area contributed by atoms with E-state index >= 15 is 0 Å². The number of carbonyl (C=O) groups is 1. The first-order valence-electron chi connectivity index (χ1n) is 14.8. The largest absolute Gasteiger partial charge is 0.395 e. The van der Waals surface area contributed by atoms with Crippen molar-refractivity contribution in [1.82, 2.24) is 10.6 Å². The lowest BCUT2D eigenvalue weighted by molar-refractivity contribution is -0.307. The molecule has 0 aromatic rings. The molecule has 3 rings (SSSR count). The number of hydrogen-bond acceptors (Lipinski definition) is 18. The average molecular weight is 642 g/mol. The Balaban J connectivity index is 1.88. The molecule has 0 radical (unpaired) electrons. The van der Waals surface area contributed by atoms with Crippen LogP contribution < -0.4 is 39.3 Å². The monoisotopic (exact) mass is 641 g/mol. The molecule has 17 atom stereocenters. The highest BCUT2D eigenvalue weighted by Crippen LogP contribution is 2.37. The number of ether oxygens (including phenoxy) is 3.